The number of carbonyl (C=O) groups is 2. The second-order valence-electron chi connectivity index (χ2n) is 6.05. The van der Waals surface area contributed by atoms with Crippen LogP contribution in [0.2, 0.25) is 0 Å². The van der Waals surface area contributed by atoms with Crippen LogP contribution in [0.3, 0.4) is 0 Å². The number of nitrogens with one attached hydrogen (secondary N) is 1. The van der Waals surface area contributed by atoms with E-state index in [9.17, 15) is 9.59 Å². The van der Waals surface area contributed by atoms with E-state index >= 15 is 0 Å². The summed E-state index contributed by atoms with van der Waals surface area (Å²) in [6.07, 6.45) is 1.08. The number of rotatable bonds is 7. The highest BCUT2D eigenvalue weighted by atomic mass is 32.1. The topological polar surface area (TPSA) is 49.4 Å². The van der Waals surface area contributed by atoms with Crippen molar-refractivity contribution in [3.63, 3.8) is 0 Å². The highest BCUT2D eigenvalue weighted by Gasteiger charge is 2.11. The molecule has 0 bridgehead atoms. The zero-order chi connectivity index (χ0) is 17.5. The van der Waals surface area contributed by atoms with Crippen LogP contribution in [0.25, 0.3) is 0 Å². The Hall–Kier alpha value is -2.14. The molecule has 1 aromatic carbocycles. The molecular weight excluding hydrogens is 320 g/mol. The fourth-order valence-electron chi connectivity index (χ4n) is 2.50. The van der Waals surface area contributed by atoms with Gasteiger partial charge in [-0.3, -0.25) is 9.59 Å². The van der Waals surface area contributed by atoms with Gasteiger partial charge in [0, 0.05) is 37.5 Å². The van der Waals surface area contributed by atoms with Gasteiger partial charge >= 0.3 is 0 Å². The Balaban J connectivity index is 1.72. The second-order valence-corrected chi connectivity index (χ2v) is 6.83. The molecular formula is C19H24N2O2S. The van der Waals surface area contributed by atoms with Crippen LogP contribution in [-0.2, 0) is 11.3 Å². The lowest BCUT2D eigenvalue weighted by Crippen LogP contribution is -2.28. The van der Waals surface area contributed by atoms with Crippen molar-refractivity contribution < 1.29 is 9.59 Å². The molecule has 5 heteroatoms. The Morgan fingerprint density at radius 2 is 2.00 bits per heavy atom. The predicted molar refractivity (Wildman–Crippen MR) is 98.3 cm³/mol. The Labute approximate surface area is 147 Å². The van der Waals surface area contributed by atoms with Gasteiger partial charge in [-0.15, -0.1) is 0 Å². The van der Waals surface area contributed by atoms with Crippen LogP contribution in [0.5, 0.6) is 0 Å². The van der Waals surface area contributed by atoms with Crippen molar-refractivity contribution in [2.75, 3.05) is 13.6 Å². The molecule has 0 atom stereocenters. The van der Waals surface area contributed by atoms with Crippen molar-refractivity contribution >= 4 is 23.2 Å². The Bertz CT molecular complexity index is 695. The van der Waals surface area contributed by atoms with E-state index in [-0.39, 0.29) is 11.8 Å². The first-order chi connectivity index (χ1) is 11.5. The van der Waals surface area contributed by atoms with Gasteiger partial charge in [-0.25, -0.2) is 0 Å². The molecule has 0 aliphatic rings. The van der Waals surface area contributed by atoms with Gasteiger partial charge < -0.3 is 10.2 Å². The van der Waals surface area contributed by atoms with Crippen LogP contribution in [0, 0.1) is 13.8 Å². The van der Waals surface area contributed by atoms with Crippen LogP contribution >= 0.6 is 11.3 Å². The zero-order valence-electron chi connectivity index (χ0n) is 14.5. The molecule has 1 aromatic heterocycles. The summed E-state index contributed by atoms with van der Waals surface area (Å²) in [5, 5.41) is 6.53. The molecule has 0 radical (unpaired) electrons. The third-order valence-corrected chi connectivity index (χ3v) is 4.65. The van der Waals surface area contributed by atoms with Crippen molar-refractivity contribution in [2.24, 2.45) is 0 Å². The van der Waals surface area contributed by atoms with Gasteiger partial charge in [-0.05, 0) is 42.8 Å². The van der Waals surface area contributed by atoms with E-state index in [1.54, 1.807) is 11.0 Å². The minimum absolute atomic E-state index is 0.0765. The van der Waals surface area contributed by atoms with E-state index in [1.807, 2.05) is 17.8 Å². The first-order valence-corrected chi connectivity index (χ1v) is 9.02. The monoisotopic (exact) mass is 344 g/mol. The summed E-state index contributed by atoms with van der Waals surface area (Å²) in [6, 6.07) is 8.08. The minimum Gasteiger partial charge on any atom is -0.352 e. The van der Waals surface area contributed by atoms with Crippen LogP contribution in [0.4, 0.5) is 0 Å². The molecule has 0 aliphatic heterocycles. The lowest BCUT2D eigenvalue weighted by Gasteiger charge is -2.19. The zero-order valence-corrected chi connectivity index (χ0v) is 15.3. The fraction of sp³-hybridized carbons (Fsp3) is 0.368. The molecule has 1 N–H and O–H groups in total. The number of carbonyl (C=O) groups excluding carboxylic acids is 2. The standard InChI is InChI=1S/C19H24N2O2S/c1-14-6-7-16(15(2)11-14)12-21(3)18(22)5-4-9-20-19(23)17-8-10-24-13-17/h6-8,10-11,13H,4-5,9,12H2,1-3H3,(H,20,23). The Morgan fingerprint density at radius 1 is 1.21 bits per heavy atom. The van der Waals surface area contributed by atoms with Gasteiger partial charge in [0.2, 0.25) is 5.91 Å². The first-order valence-electron chi connectivity index (χ1n) is 8.08. The van der Waals surface area contributed by atoms with Crippen molar-refractivity contribution in [1.82, 2.24) is 10.2 Å². The van der Waals surface area contributed by atoms with E-state index in [0.29, 0.717) is 31.5 Å². The van der Waals surface area contributed by atoms with Gasteiger partial charge in [0.1, 0.15) is 0 Å². The smallest absolute Gasteiger partial charge is 0.252 e. The number of amides is 2. The van der Waals surface area contributed by atoms with Crippen LogP contribution in [0.1, 0.15) is 39.9 Å². The quantitative estimate of drug-likeness (QED) is 0.781. The largest absolute Gasteiger partial charge is 0.352 e. The highest BCUT2D eigenvalue weighted by molar-refractivity contribution is 7.08. The lowest BCUT2D eigenvalue weighted by molar-refractivity contribution is -0.130. The lowest BCUT2D eigenvalue weighted by atomic mass is 10.1. The Kier molecular flexibility index (Phi) is 6.55. The van der Waals surface area contributed by atoms with Crippen molar-refractivity contribution in [2.45, 2.75) is 33.2 Å². The van der Waals surface area contributed by atoms with Crippen LogP contribution < -0.4 is 5.32 Å². The molecule has 2 aromatic rings. The number of thiophene rings is 1. The summed E-state index contributed by atoms with van der Waals surface area (Å²) in [7, 11) is 1.82. The maximum absolute atomic E-state index is 12.2. The summed E-state index contributed by atoms with van der Waals surface area (Å²) in [5.74, 6) is 0.0205. The molecule has 0 unspecified atom stereocenters. The molecule has 0 fully saturated rings. The molecule has 24 heavy (non-hydrogen) atoms. The normalized spacial score (nSPS) is 10.5. The van der Waals surface area contributed by atoms with Crippen molar-refractivity contribution in [1.29, 1.82) is 0 Å². The number of hydrogen-bond acceptors (Lipinski definition) is 3. The van der Waals surface area contributed by atoms with Gasteiger partial charge in [-0.1, -0.05) is 23.8 Å². The third kappa shape index (κ3) is 5.20. The molecule has 2 amide bonds. The Morgan fingerprint density at radius 3 is 2.67 bits per heavy atom. The van der Waals surface area contributed by atoms with Gasteiger partial charge in [0.15, 0.2) is 0 Å². The maximum Gasteiger partial charge on any atom is 0.252 e. The average Bonchev–Trinajstić information content (AvgIpc) is 3.08. The van der Waals surface area contributed by atoms with Crippen LogP contribution in [-0.4, -0.2) is 30.3 Å². The number of aryl methyl sites for hydroxylation is 2. The predicted octanol–water partition coefficient (Wildman–Crippen LogP) is 3.53. The van der Waals surface area contributed by atoms with Gasteiger partial charge in [-0.2, -0.15) is 11.3 Å². The van der Waals surface area contributed by atoms with Crippen LogP contribution in [0.15, 0.2) is 35.0 Å². The average molecular weight is 344 g/mol. The fourth-order valence-corrected chi connectivity index (χ4v) is 3.13. The van der Waals surface area contributed by atoms with E-state index < -0.39 is 0 Å². The summed E-state index contributed by atoms with van der Waals surface area (Å²) >= 11 is 1.50. The molecule has 0 spiro atoms. The SMILES string of the molecule is Cc1ccc(CN(C)C(=O)CCCNC(=O)c2ccsc2)c(C)c1. The number of nitrogens with zero attached hydrogens (tertiary/aromatic N) is 1. The molecule has 128 valence electrons. The minimum atomic E-state index is -0.0765. The molecule has 0 saturated heterocycles. The van der Waals surface area contributed by atoms with Gasteiger partial charge in [0.25, 0.3) is 5.91 Å². The summed E-state index contributed by atoms with van der Waals surface area (Å²) in [5.41, 5.74) is 4.28. The van der Waals surface area contributed by atoms with E-state index in [2.05, 4.69) is 37.4 Å². The summed E-state index contributed by atoms with van der Waals surface area (Å²) in [6.45, 7) is 5.26. The maximum atomic E-state index is 12.2. The second kappa shape index (κ2) is 8.64. The van der Waals surface area contributed by atoms with E-state index in [0.717, 1.165) is 0 Å². The van der Waals surface area contributed by atoms with E-state index in [4.69, 9.17) is 0 Å². The third-order valence-electron chi connectivity index (χ3n) is 3.97. The first kappa shape index (κ1) is 18.2. The number of hydrogen-bond donors (Lipinski definition) is 1. The summed E-state index contributed by atoms with van der Waals surface area (Å²) in [4.78, 5) is 25.8. The molecule has 2 rings (SSSR count). The molecule has 1 heterocycles. The van der Waals surface area contributed by atoms with Gasteiger partial charge in [0.05, 0.1) is 0 Å². The van der Waals surface area contributed by atoms with Crippen molar-refractivity contribution in [3.05, 3.63) is 57.3 Å². The number of benzene rings is 1. The molecule has 4 nitrogen and oxygen atoms in total. The highest BCUT2D eigenvalue weighted by Crippen LogP contribution is 2.13. The summed E-state index contributed by atoms with van der Waals surface area (Å²) < 4.78 is 0. The van der Waals surface area contributed by atoms with E-state index in [1.165, 1.54) is 28.0 Å². The van der Waals surface area contributed by atoms with Crippen molar-refractivity contribution in [3.8, 4) is 0 Å². The molecule has 0 aliphatic carbocycles. The molecule has 0 saturated carbocycles.